The maximum Gasteiger partial charge on any atom is 0.416 e. The summed E-state index contributed by atoms with van der Waals surface area (Å²) in [5, 5.41) is 0. The standard InChI is InChI=1S/C22H18F3N3O2S/c1-27(2)31(29,30)21-9-4-3-8-18(21)15-6-5-7-17(12-15)28-14-26-19-13-16(22(23,24)25)10-11-20(19)28/h3-14H,1-2H3. The summed E-state index contributed by atoms with van der Waals surface area (Å²) in [6.45, 7) is 0. The van der Waals surface area contributed by atoms with Crippen LogP contribution >= 0.6 is 0 Å². The van der Waals surface area contributed by atoms with E-state index in [-0.39, 0.29) is 10.4 Å². The van der Waals surface area contributed by atoms with Crippen molar-refractivity contribution in [2.45, 2.75) is 11.1 Å². The average Bonchev–Trinajstić information content (AvgIpc) is 3.16. The highest BCUT2D eigenvalue weighted by Crippen LogP contribution is 2.33. The van der Waals surface area contributed by atoms with Crippen LogP contribution < -0.4 is 0 Å². The minimum Gasteiger partial charge on any atom is -0.299 e. The summed E-state index contributed by atoms with van der Waals surface area (Å²) in [7, 11) is -0.733. The number of nitrogens with zero attached hydrogens (tertiary/aromatic N) is 3. The fourth-order valence-corrected chi connectivity index (χ4v) is 4.45. The second-order valence-electron chi connectivity index (χ2n) is 7.15. The first-order valence-corrected chi connectivity index (χ1v) is 10.7. The van der Waals surface area contributed by atoms with Crippen LogP contribution in [0, 0.1) is 0 Å². The Morgan fingerprint density at radius 2 is 1.68 bits per heavy atom. The van der Waals surface area contributed by atoms with E-state index in [1.165, 1.54) is 26.5 Å². The van der Waals surface area contributed by atoms with Crippen LogP contribution in [0.5, 0.6) is 0 Å². The van der Waals surface area contributed by atoms with Crippen molar-refractivity contribution >= 4 is 21.1 Å². The van der Waals surface area contributed by atoms with E-state index in [2.05, 4.69) is 4.98 Å². The molecule has 0 bridgehead atoms. The van der Waals surface area contributed by atoms with Gasteiger partial charge in [0.25, 0.3) is 0 Å². The van der Waals surface area contributed by atoms with Crippen molar-refractivity contribution in [3.63, 3.8) is 0 Å². The molecule has 0 fully saturated rings. The van der Waals surface area contributed by atoms with Gasteiger partial charge in [-0.05, 0) is 42.0 Å². The minimum absolute atomic E-state index is 0.169. The lowest BCUT2D eigenvalue weighted by Crippen LogP contribution is -2.22. The number of sulfonamides is 1. The monoisotopic (exact) mass is 445 g/mol. The van der Waals surface area contributed by atoms with Gasteiger partial charge < -0.3 is 0 Å². The Kier molecular flexibility index (Phi) is 5.10. The molecule has 31 heavy (non-hydrogen) atoms. The lowest BCUT2D eigenvalue weighted by molar-refractivity contribution is -0.137. The van der Waals surface area contributed by atoms with Gasteiger partial charge in [0.2, 0.25) is 10.0 Å². The predicted molar refractivity (Wildman–Crippen MR) is 112 cm³/mol. The highest BCUT2D eigenvalue weighted by Gasteiger charge is 2.31. The quantitative estimate of drug-likeness (QED) is 0.446. The van der Waals surface area contributed by atoms with Crippen LogP contribution in [0.15, 0.2) is 78.0 Å². The number of hydrogen-bond donors (Lipinski definition) is 0. The smallest absolute Gasteiger partial charge is 0.299 e. The molecule has 5 nitrogen and oxygen atoms in total. The summed E-state index contributed by atoms with van der Waals surface area (Å²) < 4.78 is 67.3. The van der Waals surface area contributed by atoms with Gasteiger partial charge in [-0.25, -0.2) is 17.7 Å². The molecule has 1 aromatic heterocycles. The van der Waals surface area contributed by atoms with Crippen LogP contribution in [0.4, 0.5) is 13.2 Å². The fourth-order valence-electron chi connectivity index (χ4n) is 3.34. The summed E-state index contributed by atoms with van der Waals surface area (Å²) in [5.74, 6) is 0. The molecule has 0 atom stereocenters. The summed E-state index contributed by atoms with van der Waals surface area (Å²) in [4.78, 5) is 4.28. The zero-order valence-electron chi connectivity index (χ0n) is 16.6. The summed E-state index contributed by atoms with van der Waals surface area (Å²) in [6, 6.07) is 17.2. The van der Waals surface area contributed by atoms with E-state index < -0.39 is 21.8 Å². The molecular formula is C22H18F3N3O2S. The van der Waals surface area contributed by atoms with Crippen LogP contribution in [0.1, 0.15) is 5.56 Å². The van der Waals surface area contributed by atoms with E-state index in [9.17, 15) is 21.6 Å². The van der Waals surface area contributed by atoms with Crippen molar-refractivity contribution in [1.82, 2.24) is 13.9 Å². The number of halogens is 3. The van der Waals surface area contributed by atoms with Crippen LogP contribution in [0.2, 0.25) is 0 Å². The van der Waals surface area contributed by atoms with E-state index >= 15 is 0 Å². The van der Waals surface area contributed by atoms with E-state index in [4.69, 9.17) is 0 Å². The van der Waals surface area contributed by atoms with Gasteiger partial charge >= 0.3 is 6.18 Å². The van der Waals surface area contributed by atoms with Gasteiger partial charge in [0.15, 0.2) is 0 Å². The highest BCUT2D eigenvalue weighted by atomic mass is 32.2. The van der Waals surface area contributed by atoms with Crippen LogP contribution in [-0.2, 0) is 16.2 Å². The molecule has 9 heteroatoms. The SMILES string of the molecule is CN(C)S(=O)(=O)c1ccccc1-c1cccc(-n2cnc3cc(C(F)(F)F)ccc32)c1. The Bertz CT molecular complexity index is 1380. The Morgan fingerprint density at radius 3 is 2.39 bits per heavy atom. The van der Waals surface area contributed by atoms with Crippen LogP contribution in [0.25, 0.3) is 27.8 Å². The van der Waals surface area contributed by atoms with Gasteiger partial charge in [-0.2, -0.15) is 13.2 Å². The number of rotatable bonds is 4. The molecular weight excluding hydrogens is 427 g/mol. The van der Waals surface area contributed by atoms with Crippen molar-refractivity contribution in [2.75, 3.05) is 14.1 Å². The van der Waals surface area contributed by atoms with Crippen molar-refractivity contribution in [2.24, 2.45) is 0 Å². The molecule has 4 aromatic rings. The topological polar surface area (TPSA) is 55.2 Å². The van der Waals surface area contributed by atoms with Gasteiger partial charge in [0.1, 0.15) is 6.33 Å². The maximum atomic E-state index is 13.0. The minimum atomic E-state index is -4.44. The van der Waals surface area contributed by atoms with Crippen molar-refractivity contribution in [3.05, 3.63) is 78.6 Å². The maximum absolute atomic E-state index is 13.0. The van der Waals surface area contributed by atoms with E-state index in [0.717, 1.165) is 16.4 Å². The molecule has 0 amide bonds. The summed E-state index contributed by atoms with van der Waals surface area (Å²) in [5.41, 5.74) is 1.81. The zero-order chi connectivity index (χ0) is 22.4. The second-order valence-corrected chi connectivity index (χ2v) is 9.27. The molecule has 0 radical (unpaired) electrons. The zero-order valence-corrected chi connectivity index (χ0v) is 17.4. The van der Waals surface area contributed by atoms with Gasteiger partial charge in [0.05, 0.1) is 21.5 Å². The molecule has 0 saturated heterocycles. The number of fused-ring (bicyclic) bond motifs is 1. The van der Waals surface area contributed by atoms with E-state index in [1.54, 1.807) is 53.1 Å². The highest BCUT2D eigenvalue weighted by molar-refractivity contribution is 7.89. The molecule has 0 aliphatic heterocycles. The van der Waals surface area contributed by atoms with E-state index in [1.807, 2.05) is 0 Å². The molecule has 0 saturated carbocycles. The molecule has 160 valence electrons. The van der Waals surface area contributed by atoms with Gasteiger partial charge in [-0.1, -0.05) is 30.3 Å². The third-order valence-electron chi connectivity index (χ3n) is 4.96. The molecule has 4 rings (SSSR count). The van der Waals surface area contributed by atoms with Gasteiger partial charge in [0, 0.05) is 25.3 Å². The predicted octanol–water partition coefficient (Wildman–Crippen LogP) is 4.96. The van der Waals surface area contributed by atoms with Crippen molar-refractivity contribution < 1.29 is 21.6 Å². The number of benzene rings is 3. The Hall–Kier alpha value is -3.17. The molecule has 0 aliphatic carbocycles. The first-order chi connectivity index (χ1) is 14.6. The molecule has 3 aromatic carbocycles. The second kappa shape index (κ2) is 7.51. The van der Waals surface area contributed by atoms with Crippen LogP contribution in [-0.4, -0.2) is 36.4 Å². The normalized spacial score (nSPS) is 12.6. The Labute approximate surface area is 177 Å². The summed E-state index contributed by atoms with van der Waals surface area (Å²) in [6.07, 6.45) is -2.99. The summed E-state index contributed by atoms with van der Waals surface area (Å²) >= 11 is 0. The largest absolute Gasteiger partial charge is 0.416 e. The Balaban J connectivity index is 1.83. The fraction of sp³-hybridized carbons (Fsp3) is 0.136. The van der Waals surface area contributed by atoms with Gasteiger partial charge in [-0.15, -0.1) is 0 Å². The third-order valence-corrected chi connectivity index (χ3v) is 6.83. The molecule has 1 heterocycles. The number of aromatic nitrogens is 2. The lowest BCUT2D eigenvalue weighted by Gasteiger charge is -2.16. The molecule has 0 unspecified atom stereocenters. The Morgan fingerprint density at radius 1 is 0.935 bits per heavy atom. The van der Waals surface area contributed by atoms with E-state index in [0.29, 0.717) is 22.3 Å². The first kappa shape index (κ1) is 21.1. The molecule has 0 N–H and O–H groups in total. The van der Waals surface area contributed by atoms with Crippen molar-refractivity contribution in [3.8, 4) is 16.8 Å². The average molecular weight is 445 g/mol. The molecule has 0 aliphatic rings. The number of hydrogen-bond acceptors (Lipinski definition) is 3. The van der Waals surface area contributed by atoms with Crippen LogP contribution in [0.3, 0.4) is 0 Å². The number of alkyl halides is 3. The van der Waals surface area contributed by atoms with Gasteiger partial charge in [-0.3, -0.25) is 4.57 Å². The van der Waals surface area contributed by atoms with Crippen molar-refractivity contribution in [1.29, 1.82) is 0 Å². The third kappa shape index (κ3) is 3.82. The first-order valence-electron chi connectivity index (χ1n) is 9.26. The number of imidazole rings is 1. The lowest BCUT2D eigenvalue weighted by atomic mass is 10.0. The molecule has 0 spiro atoms.